The number of nitrogens with one attached hydrogen (secondary N) is 2. The van der Waals surface area contributed by atoms with E-state index in [1.807, 2.05) is 6.07 Å². The predicted octanol–water partition coefficient (Wildman–Crippen LogP) is 3.32. The molecule has 148 valence electrons. The average Bonchev–Trinajstić information content (AvgIpc) is 3.38. The van der Waals surface area contributed by atoms with Gasteiger partial charge in [0.15, 0.2) is 11.4 Å². The van der Waals surface area contributed by atoms with E-state index >= 15 is 0 Å². The van der Waals surface area contributed by atoms with Gasteiger partial charge in [-0.3, -0.25) is 9.78 Å². The Morgan fingerprint density at radius 1 is 1.07 bits per heavy atom. The van der Waals surface area contributed by atoms with Crippen molar-refractivity contribution in [3.8, 4) is 11.5 Å². The molecule has 1 amide bonds. The number of aromatic nitrogens is 5. The van der Waals surface area contributed by atoms with Gasteiger partial charge in [0, 0.05) is 36.6 Å². The van der Waals surface area contributed by atoms with Gasteiger partial charge in [0.05, 0.1) is 11.7 Å². The van der Waals surface area contributed by atoms with Crippen LogP contribution in [0.3, 0.4) is 0 Å². The number of rotatable bonds is 4. The molecule has 0 aliphatic rings. The highest BCUT2D eigenvalue weighted by atomic mass is 32.1. The summed E-state index contributed by atoms with van der Waals surface area (Å²) in [6.45, 7) is 0. The molecular formula is C20H14N6O3S. The number of aromatic amines is 2. The van der Waals surface area contributed by atoms with Crippen LogP contribution in [0.2, 0.25) is 0 Å². The topological polar surface area (TPSA) is 117 Å². The number of fused-ring (bicyclic) bond motifs is 2. The fourth-order valence-electron chi connectivity index (χ4n) is 3.11. The third kappa shape index (κ3) is 3.18. The van der Waals surface area contributed by atoms with Gasteiger partial charge in [0.1, 0.15) is 22.3 Å². The van der Waals surface area contributed by atoms with Crippen LogP contribution in [0.1, 0.15) is 10.4 Å². The van der Waals surface area contributed by atoms with E-state index in [1.54, 1.807) is 55.7 Å². The van der Waals surface area contributed by atoms with Crippen LogP contribution in [0.4, 0.5) is 5.69 Å². The molecule has 0 unspecified atom stereocenters. The lowest BCUT2D eigenvalue weighted by Gasteiger charge is -2.18. The van der Waals surface area contributed by atoms with Gasteiger partial charge in [-0.25, -0.2) is 9.78 Å². The molecule has 0 fully saturated rings. The Morgan fingerprint density at radius 3 is 2.83 bits per heavy atom. The maximum atomic E-state index is 12.9. The first-order valence-corrected chi connectivity index (χ1v) is 9.67. The Bertz CT molecular complexity index is 1450. The molecule has 0 radical (unpaired) electrons. The lowest BCUT2D eigenvalue weighted by atomic mass is 10.1. The Labute approximate surface area is 173 Å². The maximum absolute atomic E-state index is 12.9. The van der Waals surface area contributed by atoms with Crippen molar-refractivity contribution in [3.05, 3.63) is 70.8 Å². The smallest absolute Gasteiger partial charge is 0.325 e. The number of carbonyl (C=O) groups is 1. The van der Waals surface area contributed by atoms with Crippen molar-refractivity contribution in [2.75, 3.05) is 11.9 Å². The molecule has 5 aromatic rings. The third-order valence-electron chi connectivity index (χ3n) is 4.62. The summed E-state index contributed by atoms with van der Waals surface area (Å²) in [4.78, 5) is 35.4. The summed E-state index contributed by atoms with van der Waals surface area (Å²) in [5.74, 6) is 0.787. The zero-order chi connectivity index (χ0) is 20.7. The molecule has 0 spiro atoms. The van der Waals surface area contributed by atoms with Crippen LogP contribution in [-0.2, 0) is 0 Å². The molecule has 0 saturated heterocycles. The molecule has 9 nitrogen and oxygen atoms in total. The number of hydrogen-bond acceptors (Lipinski definition) is 7. The second-order valence-electron chi connectivity index (χ2n) is 6.54. The summed E-state index contributed by atoms with van der Waals surface area (Å²) >= 11 is 1.11. The van der Waals surface area contributed by atoms with E-state index in [1.165, 1.54) is 4.90 Å². The van der Waals surface area contributed by atoms with Gasteiger partial charge in [0.25, 0.3) is 5.91 Å². The number of hydrogen-bond donors (Lipinski definition) is 2. The van der Waals surface area contributed by atoms with E-state index in [-0.39, 0.29) is 11.6 Å². The number of carbonyl (C=O) groups excluding carboxylic acids is 1. The molecule has 0 atom stereocenters. The normalized spacial score (nSPS) is 11.1. The fraction of sp³-hybridized carbons (Fsp3) is 0.0500. The van der Waals surface area contributed by atoms with Gasteiger partial charge in [-0.05, 0) is 30.3 Å². The second-order valence-corrected chi connectivity index (χ2v) is 7.07. The highest BCUT2D eigenvalue weighted by Crippen LogP contribution is 2.29. The summed E-state index contributed by atoms with van der Waals surface area (Å²) in [6, 6.07) is 14.0. The van der Waals surface area contributed by atoms with Gasteiger partial charge in [-0.15, -0.1) is 0 Å². The maximum Gasteiger partial charge on any atom is 0.325 e. The number of H-pyrrole nitrogens is 2. The van der Waals surface area contributed by atoms with E-state index in [0.29, 0.717) is 39.4 Å². The molecule has 0 saturated carbocycles. The first kappa shape index (κ1) is 18.0. The minimum absolute atomic E-state index is 0.177. The zero-order valence-corrected chi connectivity index (χ0v) is 16.4. The Balaban J connectivity index is 1.43. The van der Waals surface area contributed by atoms with Crippen molar-refractivity contribution in [2.45, 2.75) is 0 Å². The summed E-state index contributed by atoms with van der Waals surface area (Å²) in [7, 11) is 1.69. The van der Waals surface area contributed by atoms with Crippen LogP contribution < -0.4 is 15.3 Å². The molecule has 0 bridgehead atoms. The highest BCUT2D eigenvalue weighted by Gasteiger charge is 2.16. The van der Waals surface area contributed by atoms with Crippen molar-refractivity contribution in [2.24, 2.45) is 0 Å². The molecular weight excluding hydrogens is 404 g/mol. The number of anilines is 1. The van der Waals surface area contributed by atoms with Crippen LogP contribution in [0.25, 0.3) is 22.2 Å². The number of imidazole rings is 1. The first-order chi connectivity index (χ1) is 14.6. The van der Waals surface area contributed by atoms with Crippen molar-refractivity contribution < 1.29 is 9.53 Å². The lowest BCUT2D eigenvalue weighted by molar-refractivity contribution is 0.0993. The molecule has 3 aromatic heterocycles. The summed E-state index contributed by atoms with van der Waals surface area (Å²) < 4.78 is 14.3. The number of ether oxygens (including phenoxy) is 1. The Kier molecular flexibility index (Phi) is 4.25. The number of amides is 1. The molecule has 2 aromatic carbocycles. The SMILES string of the molecule is CN(C(=O)c1ccc2nsnc2c1)c1cccc(Oc2ccnc3[nH]c(=O)[nH]c23)c1. The van der Waals surface area contributed by atoms with E-state index in [2.05, 4.69) is 23.7 Å². The van der Waals surface area contributed by atoms with Crippen molar-refractivity contribution in [1.82, 2.24) is 23.7 Å². The zero-order valence-electron chi connectivity index (χ0n) is 15.6. The van der Waals surface area contributed by atoms with Gasteiger partial charge in [-0.2, -0.15) is 8.75 Å². The molecule has 0 aliphatic heterocycles. The van der Waals surface area contributed by atoms with Crippen LogP contribution in [0, 0.1) is 0 Å². The van der Waals surface area contributed by atoms with Crippen molar-refractivity contribution >= 4 is 45.5 Å². The average molecular weight is 418 g/mol. The van der Waals surface area contributed by atoms with E-state index < -0.39 is 0 Å². The third-order valence-corrected chi connectivity index (χ3v) is 5.18. The van der Waals surface area contributed by atoms with Gasteiger partial charge >= 0.3 is 5.69 Å². The molecule has 30 heavy (non-hydrogen) atoms. The largest absolute Gasteiger partial charge is 0.455 e. The fourth-order valence-corrected chi connectivity index (χ4v) is 3.62. The standard InChI is InChI=1S/C20H14N6O3S/c1-26(19(27)11-5-6-14-15(9-11)25-30-24-14)12-3-2-4-13(10-12)29-16-7-8-21-18-17(16)22-20(28)23-18/h2-10H,1H3,(H2,21,22,23,28). The quantitative estimate of drug-likeness (QED) is 0.462. The first-order valence-electron chi connectivity index (χ1n) is 8.94. The van der Waals surface area contributed by atoms with Gasteiger partial charge < -0.3 is 14.6 Å². The van der Waals surface area contributed by atoms with Crippen molar-refractivity contribution in [3.63, 3.8) is 0 Å². The van der Waals surface area contributed by atoms with Crippen LogP contribution in [0.5, 0.6) is 11.5 Å². The number of benzene rings is 2. The van der Waals surface area contributed by atoms with E-state index in [0.717, 1.165) is 17.2 Å². The van der Waals surface area contributed by atoms with Crippen LogP contribution in [0.15, 0.2) is 59.5 Å². The second kappa shape index (κ2) is 7.08. The summed E-state index contributed by atoms with van der Waals surface area (Å²) in [5, 5.41) is 0. The van der Waals surface area contributed by atoms with E-state index in [4.69, 9.17) is 4.74 Å². The number of pyridine rings is 1. The predicted molar refractivity (Wildman–Crippen MR) is 113 cm³/mol. The van der Waals surface area contributed by atoms with Crippen LogP contribution in [-0.4, -0.2) is 36.7 Å². The lowest BCUT2D eigenvalue weighted by Crippen LogP contribution is -2.26. The number of nitrogens with zero attached hydrogens (tertiary/aromatic N) is 4. The highest BCUT2D eigenvalue weighted by molar-refractivity contribution is 7.00. The monoisotopic (exact) mass is 418 g/mol. The molecule has 10 heteroatoms. The minimum Gasteiger partial charge on any atom is -0.455 e. The Morgan fingerprint density at radius 2 is 1.93 bits per heavy atom. The van der Waals surface area contributed by atoms with Gasteiger partial charge in [0.2, 0.25) is 0 Å². The molecule has 5 rings (SSSR count). The van der Waals surface area contributed by atoms with Gasteiger partial charge in [-0.1, -0.05) is 6.07 Å². The Hall–Kier alpha value is -4.05. The molecule has 2 N–H and O–H groups in total. The molecule has 0 aliphatic carbocycles. The van der Waals surface area contributed by atoms with Crippen molar-refractivity contribution in [1.29, 1.82) is 0 Å². The minimum atomic E-state index is -0.361. The van der Waals surface area contributed by atoms with Crippen LogP contribution >= 0.6 is 11.7 Å². The molecule has 3 heterocycles. The summed E-state index contributed by atoms with van der Waals surface area (Å²) in [5.41, 5.74) is 3.15. The summed E-state index contributed by atoms with van der Waals surface area (Å²) in [6.07, 6.45) is 1.55. The van der Waals surface area contributed by atoms with E-state index in [9.17, 15) is 9.59 Å².